The van der Waals surface area contributed by atoms with Crippen molar-refractivity contribution >= 4 is 0 Å². The van der Waals surface area contributed by atoms with E-state index in [4.69, 9.17) is 9.47 Å². The van der Waals surface area contributed by atoms with Crippen LogP contribution in [0.4, 0.5) is 0 Å². The van der Waals surface area contributed by atoms with Crippen molar-refractivity contribution in [3.8, 4) is 0 Å². The zero-order chi connectivity index (χ0) is 15.1. The van der Waals surface area contributed by atoms with Crippen molar-refractivity contribution < 1.29 is 14.6 Å². The van der Waals surface area contributed by atoms with Crippen LogP contribution in [0.2, 0.25) is 0 Å². The molecule has 0 saturated heterocycles. The molecule has 2 rings (SSSR count). The van der Waals surface area contributed by atoms with E-state index < -0.39 is 12.4 Å². The van der Waals surface area contributed by atoms with Gasteiger partial charge in [0, 0.05) is 20.1 Å². The Balaban J connectivity index is 2.23. The van der Waals surface area contributed by atoms with E-state index in [1.54, 1.807) is 14.2 Å². The van der Waals surface area contributed by atoms with Crippen molar-refractivity contribution in [1.29, 1.82) is 0 Å². The fraction of sp³-hybridized carbons (Fsp3) is 0.333. The monoisotopic (exact) mass is 286 g/mol. The summed E-state index contributed by atoms with van der Waals surface area (Å²) in [6, 6.07) is 19.7. The van der Waals surface area contributed by atoms with Gasteiger partial charge in [-0.1, -0.05) is 60.7 Å². The molecule has 0 amide bonds. The highest BCUT2D eigenvalue weighted by molar-refractivity contribution is 5.21. The van der Waals surface area contributed by atoms with E-state index in [9.17, 15) is 5.11 Å². The fourth-order valence-corrected chi connectivity index (χ4v) is 2.59. The molecule has 0 saturated carbocycles. The highest BCUT2D eigenvalue weighted by Gasteiger charge is 2.29. The van der Waals surface area contributed by atoms with Gasteiger partial charge in [-0.15, -0.1) is 0 Å². The number of hydrogen-bond acceptors (Lipinski definition) is 3. The fourth-order valence-electron chi connectivity index (χ4n) is 2.59. The van der Waals surface area contributed by atoms with Gasteiger partial charge in [0.1, 0.15) is 0 Å². The van der Waals surface area contributed by atoms with Crippen molar-refractivity contribution in [2.24, 2.45) is 5.92 Å². The minimum Gasteiger partial charge on any atom is -0.388 e. The normalized spacial score (nSPS) is 14.1. The molecule has 0 aromatic heterocycles. The maximum Gasteiger partial charge on any atom is 0.162 e. The molecule has 2 aromatic rings. The van der Waals surface area contributed by atoms with Crippen molar-refractivity contribution in [2.45, 2.75) is 18.8 Å². The van der Waals surface area contributed by atoms with Gasteiger partial charge in [-0.3, -0.25) is 0 Å². The average molecular weight is 286 g/mol. The maximum atomic E-state index is 10.7. The smallest absolute Gasteiger partial charge is 0.162 e. The number of ether oxygens (including phenoxy) is 2. The maximum absolute atomic E-state index is 10.7. The number of rotatable bonds is 7. The number of methoxy groups -OCH3 is 2. The van der Waals surface area contributed by atoms with E-state index in [2.05, 4.69) is 0 Å². The van der Waals surface area contributed by atoms with E-state index in [1.165, 1.54) is 0 Å². The lowest BCUT2D eigenvalue weighted by Gasteiger charge is -2.29. The van der Waals surface area contributed by atoms with Crippen LogP contribution < -0.4 is 0 Å². The third kappa shape index (κ3) is 4.14. The third-order valence-electron chi connectivity index (χ3n) is 3.68. The minimum absolute atomic E-state index is 0.176. The van der Waals surface area contributed by atoms with Gasteiger partial charge in [-0.25, -0.2) is 0 Å². The Kier molecular flexibility index (Phi) is 5.93. The van der Waals surface area contributed by atoms with Gasteiger partial charge in [0.2, 0.25) is 0 Å². The zero-order valence-electron chi connectivity index (χ0n) is 12.5. The lowest BCUT2D eigenvalue weighted by Crippen LogP contribution is -2.31. The van der Waals surface area contributed by atoms with Crippen molar-refractivity contribution in [3.63, 3.8) is 0 Å². The van der Waals surface area contributed by atoms with Crippen LogP contribution >= 0.6 is 0 Å². The van der Waals surface area contributed by atoms with Gasteiger partial charge in [0.15, 0.2) is 6.29 Å². The van der Waals surface area contributed by atoms with Crippen molar-refractivity contribution in [3.05, 3.63) is 71.8 Å². The predicted molar refractivity (Wildman–Crippen MR) is 82.8 cm³/mol. The molecule has 0 aliphatic rings. The van der Waals surface area contributed by atoms with E-state index in [1.807, 2.05) is 60.7 Å². The molecule has 112 valence electrons. The number of hydrogen-bond donors (Lipinski definition) is 1. The summed E-state index contributed by atoms with van der Waals surface area (Å²) in [5.74, 6) is -0.176. The van der Waals surface area contributed by atoms with Crippen molar-refractivity contribution in [1.82, 2.24) is 0 Å². The first kappa shape index (κ1) is 15.7. The van der Waals surface area contributed by atoms with Crippen LogP contribution in [0.3, 0.4) is 0 Å². The second-order valence-electron chi connectivity index (χ2n) is 5.05. The summed E-state index contributed by atoms with van der Waals surface area (Å²) < 4.78 is 10.8. The predicted octanol–water partition coefficient (Wildman–Crippen LogP) is 3.20. The third-order valence-corrected chi connectivity index (χ3v) is 3.68. The lowest BCUT2D eigenvalue weighted by atomic mass is 9.89. The molecule has 0 spiro atoms. The Hall–Kier alpha value is -1.68. The summed E-state index contributed by atoms with van der Waals surface area (Å²) in [5.41, 5.74) is 2.02. The summed E-state index contributed by atoms with van der Waals surface area (Å²) in [6.45, 7) is 0. The van der Waals surface area contributed by atoms with Gasteiger partial charge in [0.05, 0.1) is 6.10 Å². The molecule has 21 heavy (non-hydrogen) atoms. The molecule has 0 heterocycles. The Morgan fingerprint density at radius 2 is 1.38 bits per heavy atom. The van der Waals surface area contributed by atoms with Crippen LogP contribution in [0.1, 0.15) is 17.2 Å². The molecule has 0 bridgehead atoms. The Bertz CT molecular complexity index is 509. The summed E-state index contributed by atoms with van der Waals surface area (Å²) >= 11 is 0. The highest BCUT2D eigenvalue weighted by Crippen LogP contribution is 2.29. The number of aliphatic hydroxyl groups excluding tert-OH is 1. The topological polar surface area (TPSA) is 38.7 Å². The van der Waals surface area contributed by atoms with Gasteiger partial charge < -0.3 is 14.6 Å². The largest absolute Gasteiger partial charge is 0.388 e. The highest BCUT2D eigenvalue weighted by atomic mass is 16.7. The number of aliphatic hydroxyl groups is 1. The van der Waals surface area contributed by atoms with Crippen LogP contribution in [0.25, 0.3) is 0 Å². The van der Waals surface area contributed by atoms with Gasteiger partial charge in [-0.2, -0.15) is 0 Å². The van der Waals surface area contributed by atoms with E-state index in [-0.39, 0.29) is 5.92 Å². The molecule has 0 fully saturated rings. The summed E-state index contributed by atoms with van der Waals surface area (Å²) in [4.78, 5) is 0. The second-order valence-corrected chi connectivity index (χ2v) is 5.05. The Labute approximate surface area is 126 Å². The Morgan fingerprint density at radius 3 is 1.90 bits per heavy atom. The molecule has 2 aromatic carbocycles. The summed E-state index contributed by atoms with van der Waals surface area (Å²) in [7, 11) is 3.20. The average Bonchev–Trinajstić information content (AvgIpc) is 2.56. The SMILES string of the molecule is COC(OC)[C@H](Cc1ccccc1)[C@@H](O)c1ccccc1. The Morgan fingerprint density at radius 1 is 0.857 bits per heavy atom. The molecular weight excluding hydrogens is 264 g/mol. The van der Waals surface area contributed by atoms with Crippen LogP contribution in [0, 0.1) is 5.92 Å². The first-order valence-electron chi connectivity index (χ1n) is 7.08. The molecule has 2 atom stereocenters. The molecule has 1 N–H and O–H groups in total. The lowest BCUT2D eigenvalue weighted by molar-refractivity contribution is -0.161. The zero-order valence-corrected chi connectivity index (χ0v) is 12.5. The van der Waals surface area contributed by atoms with Crippen LogP contribution in [0.15, 0.2) is 60.7 Å². The van der Waals surface area contributed by atoms with Crippen LogP contribution in [-0.2, 0) is 15.9 Å². The molecule has 3 nitrogen and oxygen atoms in total. The van der Waals surface area contributed by atoms with Crippen molar-refractivity contribution in [2.75, 3.05) is 14.2 Å². The van der Waals surface area contributed by atoms with Gasteiger partial charge in [-0.05, 0) is 17.5 Å². The molecule has 0 radical (unpaired) electrons. The van der Waals surface area contributed by atoms with Gasteiger partial charge in [0.25, 0.3) is 0 Å². The van der Waals surface area contributed by atoms with E-state index in [0.717, 1.165) is 11.1 Å². The quantitative estimate of drug-likeness (QED) is 0.794. The van der Waals surface area contributed by atoms with Gasteiger partial charge >= 0.3 is 0 Å². The molecule has 0 aliphatic carbocycles. The summed E-state index contributed by atoms with van der Waals surface area (Å²) in [6.07, 6.45) is -0.416. The number of benzene rings is 2. The summed E-state index contributed by atoms with van der Waals surface area (Å²) in [5, 5.41) is 10.7. The molecule has 3 heteroatoms. The first-order valence-corrected chi connectivity index (χ1v) is 7.08. The first-order chi connectivity index (χ1) is 10.3. The minimum atomic E-state index is -0.642. The van der Waals surface area contributed by atoms with Crippen LogP contribution in [-0.4, -0.2) is 25.6 Å². The van der Waals surface area contributed by atoms with Crippen LogP contribution in [0.5, 0.6) is 0 Å². The standard InChI is InChI=1S/C18H22O3/c1-20-18(21-2)16(13-14-9-5-3-6-10-14)17(19)15-11-7-4-8-12-15/h3-12,16-19H,13H2,1-2H3/t16-,17+/m1/s1. The molecule has 0 unspecified atom stereocenters. The van der Waals surface area contributed by atoms with E-state index in [0.29, 0.717) is 6.42 Å². The van der Waals surface area contributed by atoms with E-state index >= 15 is 0 Å². The second kappa shape index (κ2) is 7.93. The molecular formula is C18H22O3. The molecule has 0 aliphatic heterocycles.